The van der Waals surface area contributed by atoms with Gasteiger partial charge in [-0.05, 0) is 13.0 Å². The van der Waals surface area contributed by atoms with E-state index in [1.165, 1.54) is 6.07 Å². The fourth-order valence-corrected chi connectivity index (χ4v) is 2.08. The molecule has 6 nitrogen and oxygen atoms in total. The lowest BCUT2D eigenvalue weighted by molar-refractivity contribution is -0.380. The lowest BCUT2D eigenvalue weighted by Crippen LogP contribution is -1.85. The summed E-state index contributed by atoms with van der Waals surface area (Å²) in [6.07, 6.45) is 0. The second kappa shape index (κ2) is 3.35. The number of aromatic nitrogens is 2. The Balaban J connectivity index is 2.46. The molecule has 0 atom stereocenters. The van der Waals surface area contributed by atoms with Gasteiger partial charge >= 0.3 is 5.00 Å². The number of nitro groups is 1. The highest BCUT2D eigenvalue weighted by Crippen LogP contribution is 2.34. The second-order valence-electron chi connectivity index (χ2n) is 3.00. The van der Waals surface area contributed by atoms with Crippen LogP contribution in [0.4, 0.5) is 10.8 Å². The maximum absolute atomic E-state index is 10.5. The van der Waals surface area contributed by atoms with Crippen LogP contribution in [0.2, 0.25) is 0 Å². The van der Waals surface area contributed by atoms with E-state index in [4.69, 9.17) is 5.73 Å². The SMILES string of the molecule is Cc1c(N)n[nH]c1-c1ccc([N+](=O)[O-])s1. The molecule has 0 aliphatic rings. The second-order valence-corrected chi connectivity index (χ2v) is 4.07. The van der Waals surface area contributed by atoms with Crippen LogP contribution < -0.4 is 5.73 Å². The zero-order chi connectivity index (χ0) is 11.0. The lowest BCUT2D eigenvalue weighted by Gasteiger charge is -1.92. The zero-order valence-corrected chi connectivity index (χ0v) is 8.67. The number of hydrogen-bond acceptors (Lipinski definition) is 5. The molecule has 3 N–H and O–H groups in total. The maximum atomic E-state index is 10.5. The summed E-state index contributed by atoms with van der Waals surface area (Å²) in [5, 5.41) is 17.2. The summed E-state index contributed by atoms with van der Waals surface area (Å²) >= 11 is 1.10. The van der Waals surface area contributed by atoms with Crippen molar-refractivity contribution in [1.82, 2.24) is 10.2 Å². The van der Waals surface area contributed by atoms with Crippen molar-refractivity contribution in [2.24, 2.45) is 0 Å². The minimum Gasteiger partial charge on any atom is -0.382 e. The summed E-state index contributed by atoms with van der Waals surface area (Å²) in [7, 11) is 0. The van der Waals surface area contributed by atoms with E-state index in [1.54, 1.807) is 6.07 Å². The smallest absolute Gasteiger partial charge is 0.324 e. The van der Waals surface area contributed by atoms with E-state index in [2.05, 4.69) is 10.2 Å². The Morgan fingerprint density at radius 3 is 2.80 bits per heavy atom. The van der Waals surface area contributed by atoms with Gasteiger partial charge < -0.3 is 5.73 Å². The highest BCUT2D eigenvalue weighted by molar-refractivity contribution is 7.18. The topological polar surface area (TPSA) is 97.8 Å². The molecule has 0 unspecified atom stereocenters. The number of H-pyrrole nitrogens is 1. The van der Waals surface area contributed by atoms with Crippen molar-refractivity contribution in [3.05, 3.63) is 27.8 Å². The van der Waals surface area contributed by atoms with Crippen LogP contribution in [0.1, 0.15) is 5.56 Å². The largest absolute Gasteiger partial charge is 0.382 e. The molecule has 0 aliphatic heterocycles. The van der Waals surface area contributed by atoms with Gasteiger partial charge in [0.05, 0.1) is 15.5 Å². The van der Waals surface area contributed by atoms with Crippen molar-refractivity contribution in [3.8, 4) is 10.6 Å². The fraction of sp³-hybridized carbons (Fsp3) is 0.125. The Morgan fingerprint density at radius 1 is 1.60 bits per heavy atom. The Labute approximate surface area is 88.9 Å². The monoisotopic (exact) mass is 224 g/mol. The fourth-order valence-electron chi connectivity index (χ4n) is 1.21. The molecular formula is C8H8N4O2S. The van der Waals surface area contributed by atoms with E-state index in [0.29, 0.717) is 5.82 Å². The van der Waals surface area contributed by atoms with Crippen molar-refractivity contribution in [3.63, 3.8) is 0 Å². The van der Waals surface area contributed by atoms with Crippen LogP contribution in [0, 0.1) is 17.0 Å². The molecule has 0 saturated heterocycles. The minimum absolute atomic E-state index is 0.109. The van der Waals surface area contributed by atoms with E-state index >= 15 is 0 Å². The molecule has 2 rings (SSSR count). The number of nitrogen functional groups attached to an aromatic ring is 1. The Bertz CT molecular complexity index is 516. The van der Waals surface area contributed by atoms with Gasteiger partial charge in [0.2, 0.25) is 0 Å². The molecule has 2 heterocycles. The molecule has 0 radical (unpaired) electrons. The molecule has 7 heteroatoms. The molecule has 2 aromatic heterocycles. The summed E-state index contributed by atoms with van der Waals surface area (Å²) in [4.78, 5) is 10.9. The average molecular weight is 224 g/mol. The van der Waals surface area contributed by atoms with Gasteiger partial charge in [0.1, 0.15) is 5.82 Å². The quantitative estimate of drug-likeness (QED) is 0.601. The van der Waals surface area contributed by atoms with Gasteiger partial charge in [0.25, 0.3) is 0 Å². The number of nitrogens with zero attached hydrogens (tertiary/aromatic N) is 2. The highest BCUT2D eigenvalue weighted by atomic mass is 32.1. The highest BCUT2D eigenvalue weighted by Gasteiger charge is 2.15. The third-order valence-electron chi connectivity index (χ3n) is 2.07. The van der Waals surface area contributed by atoms with Crippen molar-refractivity contribution < 1.29 is 4.92 Å². The van der Waals surface area contributed by atoms with Crippen LogP contribution in [-0.2, 0) is 0 Å². The van der Waals surface area contributed by atoms with Gasteiger partial charge in [-0.1, -0.05) is 11.3 Å². The van der Waals surface area contributed by atoms with Gasteiger partial charge in [-0.2, -0.15) is 5.10 Å². The van der Waals surface area contributed by atoms with Crippen LogP contribution >= 0.6 is 11.3 Å². The Hall–Kier alpha value is -1.89. The van der Waals surface area contributed by atoms with E-state index in [1.807, 2.05) is 6.92 Å². The molecule has 0 fully saturated rings. The number of aromatic amines is 1. The predicted molar refractivity (Wildman–Crippen MR) is 57.7 cm³/mol. The van der Waals surface area contributed by atoms with Gasteiger partial charge in [-0.3, -0.25) is 15.2 Å². The van der Waals surface area contributed by atoms with Crippen LogP contribution in [0.25, 0.3) is 10.6 Å². The van der Waals surface area contributed by atoms with E-state index in [0.717, 1.165) is 27.5 Å². The van der Waals surface area contributed by atoms with Gasteiger partial charge in [0, 0.05) is 11.6 Å². The van der Waals surface area contributed by atoms with Crippen LogP contribution in [-0.4, -0.2) is 15.1 Å². The number of hydrogen-bond donors (Lipinski definition) is 2. The first-order chi connectivity index (χ1) is 7.09. The number of anilines is 1. The Morgan fingerprint density at radius 2 is 2.33 bits per heavy atom. The van der Waals surface area contributed by atoms with Gasteiger partial charge in [-0.15, -0.1) is 0 Å². The van der Waals surface area contributed by atoms with Gasteiger partial charge in [-0.25, -0.2) is 0 Å². The number of nitrogens with two attached hydrogens (primary N) is 1. The van der Waals surface area contributed by atoms with E-state index in [9.17, 15) is 10.1 Å². The molecule has 78 valence electrons. The number of nitrogens with one attached hydrogen (secondary N) is 1. The summed E-state index contributed by atoms with van der Waals surface area (Å²) in [5.41, 5.74) is 7.13. The molecule has 15 heavy (non-hydrogen) atoms. The van der Waals surface area contributed by atoms with E-state index in [-0.39, 0.29) is 5.00 Å². The molecule has 2 aromatic rings. The van der Waals surface area contributed by atoms with Crippen LogP contribution in [0.5, 0.6) is 0 Å². The maximum Gasteiger partial charge on any atom is 0.324 e. The lowest BCUT2D eigenvalue weighted by atomic mass is 10.2. The minimum atomic E-state index is -0.413. The summed E-state index contributed by atoms with van der Waals surface area (Å²) in [5.74, 6) is 0.418. The molecule has 0 amide bonds. The standard InChI is InChI=1S/C8H8N4O2S/c1-4-7(10-11-8(4)9)5-2-3-6(15-5)12(13)14/h2-3H,1H3,(H3,9,10,11). The average Bonchev–Trinajstić information content (AvgIpc) is 2.76. The molecular weight excluding hydrogens is 216 g/mol. The first kappa shape index (κ1) is 9.66. The molecule has 0 aromatic carbocycles. The summed E-state index contributed by atoms with van der Waals surface area (Å²) in [6, 6.07) is 3.15. The normalized spacial score (nSPS) is 10.5. The molecule has 0 saturated carbocycles. The zero-order valence-electron chi connectivity index (χ0n) is 7.85. The van der Waals surface area contributed by atoms with Gasteiger partial charge in [0.15, 0.2) is 0 Å². The predicted octanol–water partition coefficient (Wildman–Crippen LogP) is 1.94. The number of thiophene rings is 1. The molecule has 0 spiro atoms. The van der Waals surface area contributed by atoms with Crippen LogP contribution in [0.3, 0.4) is 0 Å². The summed E-state index contributed by atoms with van der Waals surface area (Å²) < 4.78 is 0. The van der Waals surface area contributed by atoms with Crippen molar-refractivity contribution in [2.75, 3.05) is 5.73 Å². The first-order valence-corrected chi connectivity index (χ1v) is 4.96. The van der Waals surface area contributed by atoms with Crippen LogP contribution in [0.15, 0.2) is 12.1 Å². The first-order valence-electron chi connectivity index (χ1n) is 4.14. The molecule has 0 aliphatic carbocycles. The van der Waals surface area contributed by atoms with Crippen molar-refractivity contribution in [2.45, 2.75) is 6.92 Å². The Kier molecular flexibility index (Phi) is 2.16. The van der Waals surface area contributed by atoms with Crippen molar-refractivity contribution in [1.29, 1.82) is 0 Å². The third kappa shape index (κ3) is 1.57. The molecule has 0 bridgehead atoms. The van der Waals surface area contributed by atoms with E-state index < -0.39 is 4.92 Å². The van der Waals surface area contributed by atoms with Crippen molar-refractivity contribution >= 4 is 22.2 Å². The number of rotatable bonds is 2. The summed E-state index contributed by atoms with van der Waals surface area (Å²) in [6.45, 7) is 1.82. The third-order valence-corrected chi connectivity index (χ3v) is 3.12.